The maximum atomic E-state index is 11.1. The van der Waals surface area contributed by atoms with Gasteiger partial charge in [-0.3, -0.25) is 9.59 Å². The number of rotatable bonds is 1. The van der Waals surface area contributed by atoms with Gasteiger partial charge in [-0.05, 0) is 13.0 Å². The highest BCUT2D eigenvalue weighted by molar-refractivity contribution is 6.08. The van der Waals surface area contributed by atoms with Crippen LogP contribution in [0.3, 0.4) is 0 Å². The molecule has 0 bridgehead atoms. The smallest absolute Gasteiger partial charge is 0.181 e. The van der Waals surface area contributed by atoms with Gasteiger partial charge in [-0.25, -0.2) is 0 Å². The summed E-state index contributed by atoms with van der Waals surface area (Å²) < 4.78 is 0. The summed E-state index contributed by atoms with van der Waals surface area (Å²) in [7, 11) is 0. The summed E-state index contributed by atoms with van der Waals surface area (Å²) in [6.07, 6.45) is 4.07. The van der Waals surface area contributed by atoms with Gasteiger partial charge in [0.1, 0.15) is 6.29 Å². The Kier molecular flexibility index (Phi) is 2.01. The van der Waals surface area contributed by atoms with Gasteiger partial charge in [0, 0.05) is 16.6 Å². The Morgan fingerprint density at radius 2 is 2.00 bits per heavy atom. The number of carbonyl (C=O) groups is 2. The normalized spacial score (nSPS) is 21.4. The first-order valence-electron chi connectivity index (χ1n) is 3.89. The molecule has 2 nitrogen and oxygen atoms in total. The Morgan fingerprint density at radius 1 is 1.42 bits per heavy atom. The van der Waals surface area contributed by atoms with E-state index in [0.29, 0.717) is 11.1 Å². The van der Waals surface area contributed by atoms with Crippen LogP contribution in [0.4, 0.5) is 0 Å². The number of aldehydes is 1. The maximum absolute atomic E-state index is 11.1. The van der Waals surface area contributed by atoms with E-state index in [-0.39, 0.29) is 11.2 Å². The van der Waals surface area contributed by atoms with Gasteiger partial charge in [0.05, 0.1) is 0 Å². The summed E-state index contributed by atoms with van der Waals surface area (Å²) in [5.74, 6) is -0.0589. The summed E-state index contributed by atoms with van der Waals surface area (Å²) in [6.45, 7) is 5.53. The second-order valence-electron chi connectivity index (χ2n) is 3.58. The Labute approximate surface area is 72.0 Å². The molecule has 0 unspecified atom stereocenters. The first kappa shape index (κ1) is 8.91. The van der Waals surface area contributed by atoms with Crippen molar-refractivity contribution in [1.82, 2.24) is 0 Å². The van der Waals surface area contributed by atoms with Crippen molar-refractivity contribution in [3.8, 4) is 0 Å². The van der Waals surface area contributed by atoms with Crippen LogP contribution in [0, 0.1) is 5.41 Å². The van der Waals surface area contributed by atoms with E-state index in [1.54, 1.807) is 13.0 Å². The zero-order chi connectivity index (χ0) is 9.35. The lowest BCUT2D eigenvalue weighted by Crippen LogP contribution is -2.21. The molecule has 1 rings (SSSR count). The molecule has 0 aromatic rings. The second-order valence-corrected chi connectivity index (χ2v) is 3.58. The second kappa shape index (κ2) is 2.70. The van der Waals surface area contributed by atoms with E-state index in [2.05, 4.69) is 0 Å². The highest BCUT2D eigenvalue weighted by atomic mass is 16.1. The molecule has 0 saturated carbocycles. The molecule has 0 N–H and O–H groups in total. The van der Waals surface area contributed by atoms with Crippen molar-refractivity contribution in [2.24, 2.45) is 5.41 Å². The number of hydrogen-bond donors (Lipinski definition) is 0. The summed E-state index contributed by atoms with van der Waals surface area (Å²) >= 11 is 0. The third-order valence-electron chi connectivity index (χ3n) is 2.24. The molecule has 0 atom stereocenters. The predicted octanol–water partition coefficient (Wildman–Crippen LogP) is 1.67. The molecule has 0 heterocycles. The van der Waals surface area contributed by atoms with Crippen LogP contribution in [0.25, 0.3) is 0 Å². The summed E-state index contributed by atoms with van der Waals surface area (Å²) in [5, 5.41) is 0. The van der Waals surface area contributed by atoms with E-state index in [1.165, 1.54) is 6.08 Å². The first-order chi connectivity index (χ1) is 5.49. The number of hydrogen-bond acceptors (Lipinski definition) is 2. The molecule has 0 aliphatic heterocycles. The highest BCUT2D eigenvalue weighted by Gasteiger charge is 2.27. The van der Waals surface area contributed by atoms with Gasteiger partial charge < -0.3 is 0 Å². The molecule has 0 saturated heterocycles. The van der Waals surface area contributed by atoms with E-state index in [9.17, 15) is 9.59 Å². The van der Waals surface area contributed by atoms with Crippen LogP contribution >= 0.6 is 0 Å². The lowest BCUT2D eigenvalue weighted by molar-refractivity contribution is -0.112. The SMILES string of the molecule is CC1=C(C=O)C(C)(C)C=CC1=O. The van der Waals surface area contributed by atoms with Crippen LogP contribution in [0.15, 0.2) is 23.3 Å². The predicted molar refractivity (Wildman–Crippen MR) is 46.7 cm³/mol. The van der Waals surface area contributed by atoms with Gasteiger partial charge in [0.2, 0.25) is 0 Å². The van der Waals surface area contributed by atoms with Crippen LogP contribution in [0.2, 0.25) is 0 Å². The van der Waals surface area contributed by atoms with E-state index in [0.717, 1.165) is 6.29 Å². The van der Waals surface area contributed by atoms with Gasteiger partial charge in [-0.15, -0.1) is 0 Å². The third kappa shape index (κ3) is 1.24. The number of allylic oxidation sites excluding steroid dienone is 4. The fourth-order valence-corrected chi connectivity index (χ4v) is 1.36. The van der Waals surface area contributed by atoms with E-state index < -0.39 is 0 Å². The fourth-order valence-electron chi connectivity index (χ4n) is 1.36. The quantitative estimate of drug-likeness (QED) is 0.552. The molecule has 2 heteroatoms. The average molecular weight is 164 g/mol. The summed E-state index contributed by atoms with van der Waals surface area (Å²) in [4.78, 5) is 21.8. The van der Waals surface area contributed by atoms with Crippen molar-refractivity contribution in [2.75, 3.05) is 0 Å². The van der Waals surface area contributed by atoms with Crippen LogP contribution in [0.5, 0.6) is 0 Å². The maximum Gasteiger partial charge on any atom is 0.181 e. The van der Waals surface area contributed by atoms with Crippen LogP contribution < -0.4 is 0 Å². The van der Waals surface area contributed by atoms with Gasteiger partial charge in [-0.1, -0.05) is 19.9 Å². The van der Waals surface area contributed by atoms with Gasteiger partial charge in [-0.2, -0.15) is 0 Å². The van der Waals surface area contributed by atoms with Crippen molar-refractivity contribution < 1.29 is 9.59 Å². The number of ketones is 1. The minimum absolute atomic E-state index is 0.0589. The molecular weight excluding hydrogens is 152 g/mol. The molecule has 12 heavy (non-hydrogen) atoms. The van der Waals surface area contributed by atoms with E-state index in [1.807, 2.05) is 13.8 Å². The Bertz CT molecular complexity index is 293. The lowest BCUT2D eigenvalue weighted by atomic mass is 9.78. The molecule has 0 amide bonds. The number of carbonyl (C=O) groups excluding carboxylic acids is 2. The van der Waals surface area contributed by atoms with Gasteiger partial charge in [0.25, 0.3) is 0 Å². The van der Waals surface area contributed by atoms with Crippen molar-refractivity contribution >= 4 is 12.1 Å². The van der Waals surface area contributed by atoms with Crippen molar-refractivity contribution in [1.29, 1.82) is 0 Å². The van der Waals surface area contributed by atoms with Gasteiger partial charge in [0.15, 0.2) is 5.78 Å². The molecular formula is C10H12O2. The molecule has 0 aromatic carbocycles. The van der Waals surface area contributed by atoms with Crippen LogP contribution in [-0.4, -0.2) is 12.1 Å². The van der Waals surface area contributed by atoms with E-state index in [4.69, 9.17) is 0 Å². The van der Waals surface area contributed by atoms with Crippen molar-refractivity contribution in [2.45, 2.75) is 20.8 Å². The van der Waals surface area contributed by atoms with Gasteiger partial charge >= 0.3 is 0 Å². The summed E-state index contributed by atoms with van der Waals surface area (Å²) in [5.41, 5.74) is 0.868. The van der Waals surface area contributed by atoms with Crippen molar-refractivity contribution in [3.05, 3.63) is 23.3 Å². The Balaban J connectivity index is 3.24. The molecule has 1 aliphatic carbocycles. The van der Waals surface area contributed by atoms with Crippen LogP contribution in [-0.2, 0) is 9.59 Å². The Morgan fingerprint density at radius 3 is 2.42 bits per heavy atom. The molecule has 0 spiro atoms. The molecule has 64 valence electrons. The minimum Gasteiger partial charge on any atom is -0.298 e. The highest BCUT2D eigenvalue weighted by Crippen LogP contribution is 2.32. The zero-order valence-corrected chi connectivity index (χ0v) is 7.55. The molecule has 0 aromatic heterocycles. The molecule has 0 radical (unpaired) electrons. The standard InChI is InChI=1S/C10H12O2/c1-7-8(6-11)10(2,3)5-4-9(7)12/h4-6H,1-3H3. The first-order valence-corrected chi connectivity index (χ1v) is 3.89. The largest absolute Gasteiger partial charge is 0.298 e. The molecule has 1 aliphatic rings. The van der Waals surface area contributed by atoms with Crippen molar-refractivity contribution in [3.63, 3.8) is 0 Å². The third-order valence-corrected chi connectivity index (χ3v) is 2.24. The topological polar surface area (TPSA) is 34.1 Å². The fraction of sp³-hybridized carbons (Fsp3) is 0.400. The Hall–Kier alpha value is -1.18. The van der Waals surface area contributed by atoms with E-state index >= 15 is 0 Å². The monoisotopic (exact) mass is 164 g/mol. The average Bonchev–Trinajstić information content (AvgIpc) is 1.99. The lowest BCUT2D eigenvalue weighted by Gasteiger charge is -2.25. The molecule has 0 fully saturated rings. The van der Waals surface area contributed by atoms with Crippen LogP contribution in [0.1, 0.15) is 20.8 Å². The minimum atomic E-state index is -0.292. The summed E-state index contributed by atoms with van der Waals surface area (Å²) in [6, 6.07) is 0. The zero-order valence-electron chi connectivity index (χ0n) is 7.55.